The predicted octanol–water partition coefficient (Wildman–Crippen LogP) is 4.78. The molecule has 2 fully saturated rings. The molecule has 1 atom stereocenters. The highest BCUT2D eigenvalue weighted by Crippen LogP contribution is 2.34. The number of halogens is 3. The summed E-state index contributed by atoms with van der Waals surface area (Å²) in [6.07, 6.45) is 3.65. The van der Waals surface area contributed by atoms with E-state index in [0.29, 0.717) is 64.5 Å². The van der Waals surface area contributed by atoms with E-state index in [4.69, 9.17) is 16.3 Å². The summed E-state index contributed by atoms with van der Waals surface area (Å²) in [6, 6.07) is 9.90. The Morgan fingerprint density at radius 1 is 1.04 bits per heavy atom. The van der Waals surface area contributed by atoms with Gasteiger partial charge in [-0.05, 0) is 60.9 Å². The molecule has 1 aromatic heterocycles. The molecule has 13 nitrogen and oxygen atoms in total. The molecule has 0 spiro atoms. The Kier molecular flexibility index (Phi) is 10.8. The van der Waals surface area contributed by atoms with Gasteiger partial charge in [-0.3, -0.25) is 29.4 Å². The first-order chi connectivity index (χ1) is 26.1. The molecule has 4 aromatic rings. The molecule has 3 aliphatic rings. The standard InChI is InChI=1S/C38H37ClF2N8O5/c1-2-34(50)45-31-17-26-30(42-21-43-36(26)44-24-4-5-28(40)27(39)15-24)18-33(31)54-13-3-8-47-9-11-48(12-10-47)19-23-14-22-20-49(38(53)25(22)16-29(23)41)32-6-7-35(51)46-37(32)52/h2,4-5,14-18,21,32H,1,3,6-13,19-20H2,(H,45,50)(H,42,43,44)(H,46,51,52). The van der Waals surface area contributed by atoms with Crippen molar-refractivity contribution in [3.8, 4) is 5.75 Å². The topological polar surface area (TPSA) is 149 Å². The first-order valence-corrected chi connectivity index (χ1v) is 17.9. The number of imide groups is 1. The molecule has 1 unspecified atom stereocenters. The molecule has 3 N–H and O–H groups in total. The lowest BCUT2D eigenvalue weighted by molar-refractivity contribution is -0.137. The van der Waals surface area contributed by atoms with Crippen molar-refractivity contribution < 1.29 is 32.7 Å². The largest absolute Gasteiger partial charge is 0.491 e. The Morgan fingerprint density at radius 3 is 2.59 bits per heavy atom. The van der Waals surface area contributed by atoms with Crippen LogP contribution in [0.1, 0.15) is 40.7 Å². The lowest BCUT2D eigenvalue weighted by Crippen LogP contribution is -2.52. The average molecular weight is 759 g/mol. The molecule has 3 aliphatic heterocycles. The number of anilines is 3. The van der Waals surface area contributed by atoms with Crippen molar-refractivity contribution in [2.24, 2.45) is 0 Å². The van der Waals surface area contributed by atoms with E-state index in [1.165, 1.54) is 35.5 Å². The van der Waals surface area contributed by atoms with Gasteiger partial charge >= 0.3 is 0 Å². The molecule has 3 aromatic carbocycles. The van der Waals surface area contributed by atoms with Crippen molar-refractivity contribution in [3.05, 3.63) is 94.8 Å². The number of carbonyl (C=O) groups excluding carboxylic acids is 4. The minimum absolute atomic E-state index is 0.0392. The lowest BCUT2D eigenvalue weighted by atomic mass is 10.0. The number of hydrogen-bond acceptors (Lipinski definition) is 10. The molecular formula is C38H37ClF2N8O5. The summed E-state index contributed by atoms with van der Waals surface area (Å²) in [5.74, 6) is -1.82. The van der Waals surface area contributed by atoms with Gasteiger partial charge in [-0.15, -0.1) is 0 Å². The van der Waals surface area contributed by atoms with Crippen LogP contribution in [0.4, 0.5) is 26.0 Å². The van der Waals surface area contributed by atoms with Crippen LogP contribution in [0.2, 0.25) is 5.02 Å². The molecule has 0 saturated carbocycles. The van der Waals surface area contributed by atoms with Crippen LogP contribution >= 0.6 is 11.6 Å². The number of piperazine rings is 1. The number of rotatable bonds is 12. The van der Waals surface area contributed by atoms with Crippen LogP contribution in [0, 0.1) is 11.6 Å². The van der Waals surface area contributed by atoms with E-state index in [2.05, 4.69) is 42.3 Å². The van der Waals surface area contributed by atoms with Crippen molar-refractivity contribution in [3.63, 3.8) is 0 Å². The summed E-state index contributed by atoms with van der Waals surface area (Å²) >= 11 is 5.95. The Morgan fingerprint density at radius 2 is 1.83 bits per heavy atom. The van der Waals surface area contributed by atoms with Gasteiger partial charge in [0.2, 0.25) is 17.7 Å². The van der Waals surface area contributed by atoms with Gasteiger partial charge in [-0.25, -0.2) is 18.7 Å². The van der Waals surface area contributed by atoms with E-state index in [1.54, 1.807) is 18.2 Å². The van der Waals surface area contributed by atoms with Crippen LogP contribution in [0.3, 0.4) is 0 Å². The van der Waals surface area contributed by atoms with E-state index in [9.17, 15) is 23.6 Å². The van der Waals surface area contributed by atoms with Crippen molar-refractivity contribution in [1.82, 2.24) is 30.0 Å². The summed E-state index contributed by atoms with van der Waals surface area (Å²) in [5.41, 5.74) is 2.92. The molecule has 2 saturated heterocycles. The molecule has 4 heterocycles. The number of amides is 4. The summed E-state index contributed by atoms with van der Waals surface area (Å²) in [7, 11) is 0. The van der Waals surface area contributed by atoms with Crippen LogP contribution in [-0.2, 0) is 27.5 Å². The van der Waals surface area contributed by atoms with Crippen LogP contribution in [-0.4, -0.2) is 93.7 Å². The zero-order valence-electron chi connectivity index (χ0n) is 29.2. The Balaban J connectivity index is 0.925. The fourth-order valence-electron chi connectivity index (χ4n) is 6.94. The van der Waals surface area contributed by atoms with Gasteiger partial charge in [0.15, 0.2) is 0 Å². The second kappa shape index (κ2) is 15.8. The highest BCUT2D eigenvalue weighted by molar-refractivity contribution is 6.31. The zero-order chi connectivity index (χ0) is 37.9. The van der Waals surface area contributed by atoms with Crippen LogP contribution < -0.4 is 20.7 Å². The maximum atomic E-state index is 15.2. The minimum Gasteiger partial charge on any atom is -0.491 e. The van der Waals surface area contributed by atoms with Crippen LogP contribution in [0.5, 0.6) is 5.75 Å². The number of aromatic nitrogens is 2. The normalized spacial score (nSPS) is 17.7. The summed E-state index contributed by atoms with van der Waals surface area (Å²) < 4.78 is 35.1. The summed E-state index contributed by atoms with van der Waals surface area (Å²) in [4.78, 5) is 63.9. The number of nitrogens with one attached hydrogen (secondary N) is 3. The SMILES string of the molecule is C=CC(=O)Nc1cc2c(Nc3ccc(F)c(Cl)c3)ncnc2cc1OCCCN1CCN(Cc2cc3c(cc2F)C(=O)N(C2CCC(=O)NC2=O)C3)CC1. The van der Waals surface area contributed by atoms with E-state index in [1.807, 2.05) is 0 Å². The number of carbonyl (C=O) groups is 4. The predicted molar refractivity (Wildman–Crippen MR) is 197 cm³/mol. The molecular weight excluding hydrogens is 722 g/mol. The molecule has 4 amide bonds. The molecule has 280 valence electrons. The average Bonchev–Trinajstić information content (AvgIpc) is 3.46. The lowest BCUT2D eigenvalue weighted by Gasteiger charge is -2.34. The van der Waals surface area contributed by atoms with Crippen LogP contribution in [0.25, 0.3) is 10.9 Å². The van der Waals surface area contributed by atoms with E-state index in [-0.39, 0.29) is 35.9 Å². The van der Waals surface area contributed by atoms with Gasteiger partial charge in [-0.2, -0.15) is 0 Å². The van der Waals surface area contributed by atoms with Crippen LogP contribution in [0.15, 0.2) is 61.4 Å². The third kappa shape index (κ3) is 8.02. The van der Waals surface area contributed by atoms with Crippen molar-refractivity contribution in [1.29, 1.82) is 0 Å². The smallest absolute Gasteiger partial charge is 0.255 e. The molecule has 0 aliphatic carbocycles. The van der Waals surface area contributed by atoms with Gasteiger partial charge in [0.1, 0.15) is 35.6 Å². The molecule has 0 bridgehead atoms. The Bertz CT molecular complexity index is 2160. The Labute approximate surface area is 314 Å². The fourth-order valence-corrected chi connectivity index (χ4v) is 7.12. The van der Waals surface area contributed by atoms with Crippen molar-refractivity contribution in [2.45, 2.75) is 38.4 Å². The first-order valence-electron chi connectivity index (χ1n) is 17.5. The van der Waals surface area contributed by atoms with Gasteiger partial charge in [0, 0.05) is 80.5 Å². The number of fused-ring (bicyclic) bond motifs is 2. The van der Waals surface area contributed by atoms with Gasteiger partial charge in [-0.1, -0.05) is 18.2 Å². The van der Waals surface area contributed by atoms with Crippen molar-refractivity contribution >= 4 is 63.3 Å². The second-order valence-electron chi connectivity index (χ2n) is 13.4. The van der Waals surface area contributed by atoms with Gasteiger partial charge in [0.25, 0.3) is 5.91 Å². The summed E-state index contributed by atoms with van der Waals surface area (Å²) in [5, 5.41) is 8.75. The molecule has 7 rings (SSSR count). The number of piperidine rings is 1. The third-order valence-electron chi connectivity index (χ3n) is 9.79. The highest BCUT2D eigenvalue weighted by atomic mass is 35.5. The van der Waals surface area contributed by atoms with E-state index >= 15 is 4.39 Å². The molecule has 16 heteroatoms. The van der Waals surface area contributed by atoms with Gasteiger partial charge in [0.05, 0.1) is 22.8 Å². The molecule has 54 heavy (non-hydrogen) atoms. The maximum absolute atomic E-state index is 15.2. The number of benzene rings is 3. The van der Waals surface area contributed by atoms with E-state index < -0.39 is 35.4 Å². The Hall–Kier alpha value is -5.51. The number of nitrogens with zero attached hydrogens (tertiary/aromatic N) is 5. The summed E-state index contributed by atoms with van der Waals surface area (Å²) in [6.45, 7) is 8.25. The third-order valence-corrected chi connectivity index (χ3v) is 10.1. The number of ether oxygens (including phenoxy) is 1. The number of hydrogen-bond donors (Lipinski definition) is 3. The van der Waals surface area contributed by atoms with Gasteiger partial charge < -0.3 is 25.2 Å². The zero-order valence-corrected chi connectivity index (χ0v) is 29.9. The molecule has 0 radical (unpaired) electrons. The van der Waals surface area contributed by atoms with Crippen molar-refractivity contribution in [2.75, 3.05) is 50.0 Å². The monoisotopic (exact) mass is 758 g/mol. The quantitative estimate of drug-likeness (QED) is 0.105. The van der Waals surface area contributed by atoms with E-state index in [0.717, 1.165) is 38.8 Å². The minimum atomic E-state index is -0.749. The maximum Gasteiger partial charge on any atom is 0.255 e. The second-order valence-corrected chi connectivity index (χ2v) is 13.8. The highest BCUT2D eigenvalue weighted by Gasteiger charge is 2.39. The first kappa shape index (κ1) is 36.8. The fraction of sp³-hybridized carbons (Fsp3) is 0.316.